The summed E-state index contributed by atoms with van der Waals surface area (Å²) in [4.78, 5) is 0. The third kappa shape index (κ3) is 1.66. The summed E-state index contributed by atoms with van der Waals surface area (Å²) in [6.45, 7) is 5.17. The van der Waals surface area contributed by atoms with Crippen LogP contribution in [-0.2, 0) is 16.9 Å². The van der Waals surface area contributed by atoms with Gasteiger partial charge in [-0.1, -0.05) is 37.6 Å². The summed E-state index contributed by atoms with van der Waals surface area (Å²) in [7, 11) is 2.01. The van der Waals surface area contributed by atoms with E-state index in [1.807, 2.05) is 7.05 Å². The molecule has 0 saturated heterocycles. The lowest BCUT2D eigenvalue weighted by Crippen LogP contribution is -2.45. The molecule has 0 spiro atoms. The van der Waals surface area contributed by atoms with Crippen LogP contribution in [0.2, 0.25) is 0 Å². The predicted octanol–water partition coefficient (Wildman–Crippen LogP) is 2.82. The lowest BCUT2D eigenvalue weighted by atomic mass is 9.83. The van der Waals surface area contributed by atoms with Crippen LogP contribution in [0.5, 0.6) is 0 Å². The standard InChI is InChI=1S/C14H21NO/c1-4-9-14(11(2)15-3)13-8-6-5-7-12(13)10-16-14/h5-8,11,15H,4,9-10H2,1-3H3. The minimum atomic E-state index is -0.125. The van der Waals surface area contributed by atoms with Gasteiger partial charge in [-0.05, 0) is 31.5 Å². The molecule has 1 aliphatic rings. The van der Waals surface area contributed by atoms with Gasteiger partial charge in [0.25, 0.3) is 0 Å². The minimum Gasteiger partial charge on any atom is -0.364 e. The molecule has 2 heteroatoms. The van der Waals surface area contributed by atoms with Gasteiger partial charge in [0.2, 0.25) is 0 Å². The normalized spacial score (nSPS) is 25.4. The van der Waals surface area contributed by atoms with Gasteiger partial charge in [0, 0.05) is 6.04 Å². The van der Waals surface area contributed by atoms with E-state index in [0.717, 1.165) is 19.4 Å². The number of hydrogen-bond donors (Lipinski definition) is 1. The zero-order chi connectivity index (χ0) is 11.6. The van der Waals surface area contributed by atoms with Crippen LogP contribution < -0.4 is 5.32 Å². The molecule has 2 rings (SSSR count). The third-order valence-corrected chi connectivity index (χ3v) is 3.71. The Morgan fingerprint density at radius 1 is 1.44 bits per heavy atom. The number of benzene rings is 1. The Morgan fingerprint density at radius 2 is 2.19 bits per heavy atom. The Morgan fingerprint density at radius 3 is 2.88 bits per heavy atom. The van der Waals surface area contributed by atoms with Gasteiger partial charge in [-0.25, -0.2) is 0 Å². The van der Waals surface area contributed by atoms with E-state index >= 15 is 0 Å². The van der Waals surface area contributed by atoms with Gasteiger partial charge < -0.3 is 10.1 Å². The average Bonchev–Trinajstić information content (AvgIpc) is 2.69. The van der Waals surface area contributed by atoms with E-state index in [9.17, 15) is 0 Å². The van der Waals surface area contributed by atoms with E-state index in [1.165, 1.54) is 11.1 Å². The van der Waals surface area contributed by atoms with Crippen LogP contribution >= 0.6 is 0 Å². The molecular formula is C14H21NO. The first-order valence-corrected chi connectivity index (χ1v) is 6.14. The van der Waals surface area contributed by atoms with Crippen LogP contribution in [0.4, 0.5) is 0 Å². The molecule has 1 aliphatic heterocycles. The van der Waals surface area contributed by atoms with Crippen molar-refractivity contribution >= 4 is 0 Å². The molecule has 1 aromatic carbocycles. The van der Waals surface area contributed by atoms with E-state index in [1.54, 1.807) is 0 Å². The zero-order valence-corrected chi connectivity index (χ0v) is 10.4. The molecule has 1 heterocycles. The number of nitrogens with one attached hydrogen (secondary N) is 1. The second-order valence-electron chi connectivity index (χ2n) is 4.60. The van der Waals surface area contributed by atoms with Crippen molar-refractivity contribution in [1.29, 1.82) is 0 Å². The summed E-state index contributed by atoms with van der Waals surface area (Å²) in [5.41, 5.74) is 2.59. The average molecular weight is 219 g/mol. The summed E-state index contributed by atoms with van der Waals surface area (Å²) in [5.74, 6) is 0. The van der Waals surface area contributed by atoms with Crippen molar-refractivity contribution in [3.8, 4) is 0 Å². The van der Waals surface area contributed by atoms with Crippen molar-refractivity contribution in [2.45, 2.75) is 44.9 Å². The zero-order valence-electron chi connectivity index (χ0n) is 10.4. The van der Waals surface area contributed by atoms with E-state index < -0.39 is 0 Å². The lowest BCUT2D eigenvalue weighted by Gasteiger charge is -2.35. The second kappa shape index (κ2) is 4.56. The highest BCUT2D eigenvalue weighted by Crippen LogP contribution is 2.42. The molecule has 16 heavy (non-hydrogen) atoms. The molecule has 2 unspecified atom stereocenters. The molecule has 0 radical (unpaired) electrons. The summed E-state index contributed by atoms with van der Waals surface area (Å²) < 4.78 is 6.14. The Balaban J connectivity index is 2.42. The van der Waals surface area contributed by atoms with Gasteiger partial charge in [-0.2, -0.15) is 0 Å². The molecule has 0 fully saturated rings. The molecule has 2 nitrogen and oxygen atoms in total. The Labute approximate surface area is 98.0 Å². The minimum absolute atomic E-state index is 0.125. The first-order chi connectivity index (χ1) is 7.74. The maximum absolute atomic E-state index is 6.14. The highest BCUT2D eigenvalue weighted by molar-refractivity contribution is 5.36. The second-order valence-corrected chi connectivity index (χ2v) is 4.60. The molecule has 1 aromatic rings. The van der Waals surface area contributed by atoms with Crippen molar-refractivity contribution < 1.29 is 4.74 Å². The van der Waals surface area contributed by atoms with E-state index in [0.29, 0.717) is 6.04 Å². The third-order valence-electron chi connectivity index (χ3n) is 3.71. The van der Waals surface area contributed by atoms with E-state index in [-0.39, 0.29) is 5.60 Å². The maximum Gasteiger partial charge on any atom is 0.109 e. The highest BCUT2D eigenvalue weighted by atomic mass is 16.5. The first kappa shape index (κ1) is 11.6. The van der Waals surface area contributed by atoms with Crippen molar-refractivity contribution in [2.75, 3.05) is 7.05 Å². The molecule has 0 saturated carbocycles. The molecule has 0 amide bonds. The Hall–Kier alpha value is -0.860. The van der Waals surface area contributed by atoms with Gasteiger partial charge in [-0.15, -0.1) is 0 Å². The summed E-state index contributed by atoms with van der Waals surface area (Å²) in [5, 5.41) is 3.35. The van der Waals surface area contributed by atoms with E-state index in [4.69, 9.17) is 4.74 Å². The van der Waals surface area contributed by atoms with Gasteiger partial charge in [-0.3, -0.25) is 0 Å². The van der Waals surface area contributed by atoms with Crippen LogP contribution in [0.3, 0.4) is 0 Å². The molecule has 0 bridgehead atoms. The maximum atomic E-state index is 6.14. The van der Waals surface area contributed by atoms with Crippen LogP contribution in [0.1, 0.15) is 37.8 Å². The quantitative estimate of drug-likeness (QED) is 0.840. The van der Waals surface area contributed by atoms with Crippen molar-refractivity contribution in [1.82, 2.24) is 5.32 Å². The van der Waals surface area contributed by atoms with Crippen molar-refractivity contribution in [2.24, 2.45) is 0 Å². The number of rotatable bonds is 4. The number of likely N-dealkylation sites (N-methyl/N-ethyl adjacent to an activating group) is 1. The highest BCUT2D eigenvalue weighted by Gasteiger charge is 2.43. The first-order valence-electron chi connectivity index (χ1n) is 6.14. The Bertz CT molecular complexity index is 360. The van der Waals surface area contributed by atoms with Crippen molar-refractivity contribution in [3.63, 3.8) is 0 Å². The predicted molar refractivity (Wildman–Crippen MR) is 66.3 cm³/mol. The Kier molecular flexibility index (Phi) is 3.31. The monoisotopic (exact) mass is 219 g/mol. The number of fused-ring (bicyclic) bond motifs is 1. The van der Waals surface area contributed by atoms with Gasteiger partial charge in [0.15, 0.2) is 0 Å². The fraction of sp³-hybridized carbons (Fsp3) is 0.571. The summed E-state index contributed by atoms with van der Waals surface area (Å²) >= 11 is 0. The van der Waals surface area contributed by atoms with Gasteiger partial charge in [0.05, 0.1) is 6.61 Å². The summed E-state index contributed by atoms with van der Waals surface area (Å²) in [6.07, 6.45) is 2.21. The summed E-state index contributed by atoms with van der Waals surface area (Å²) in [6, 6.07) is 8.94. The van der Waals surface area contributed by atoms with E-state index in [2.05, 4.69) is 43.4 Å². The van der Waals surface area contributed by atoms with Crippen LogP contribution in [0.15, 0.2) is 24.3 Å². The molecule has 0 aromatic heterocycles. The molecule has 2 atom stereocenters. The molecule has 88 valence electrons. The molecule has 0 aliphatic carbocycles. The number of ether oxygens (including phenoxy) is 1. The largest absolute Gasteiger partial charge is 0.364 e. The fourth-order valence-corrected chi connectivity index (χ4v) is 2.73. The topological polar surface area (TPSA) is 21.3 Å². The van der Waals surface area contributed by atoms with Crippen molar-refractivity contribution in [3.05, 3.63) is 35.4 Å². The van der Waals surface area contributed by atoms with Crippen LogP contribution in [-0.4, -0.2) is 13.1 Å². The molecular weight excluding hydrogens is 198 g/mol. The van der Waals surface area contributed by atoms with Gasteiger partial charge >= 0.3 is 0 Å². The number of hydrogen-bond acceptors (Lipinski definition) is 2. The SMILES string of the molecule is CCCC1(C(C)NC)OCc2ccccc21. The van der Waals surface area contributed by atoms with Crippen LogP contribution in [0.25, 0.3) is 0 Å². The smallest absolute Gasteiger partial charge is 0.109 e. The van der Waals surface area contributed by atoms with Crippen LogP contribution in [0, 0.1) is 0 Å². The fourth-order valence-electron chi connectivity index (χ4n) is 2.73. The lowest BCUT2D eigenvalue weighted by molar-refractivity contribution is -0.0667. The van der Waals surface area contributed by atoms with Gasteiger partial charge in [0.1, 0.15) is 5.60 Å². The molecule has 1 N–H and O–H groups in total.